The Morgan fingerprint density at radius 3 is 2.65 bits per heavy atom. The third-order valence-electron chi connectivity index (χ3n) is 4.81. The number of carbonyl (C=O) groups is 2. The topological polar surface area (TPSA) is 77.8 Å². The van der Waals surface area contributed by atoms with Crippen molar-refractivity contribution in [2.24, 2.45) is 0 Å². The summed E-state index contributed by atoms with van der Waals surface area (Å²) in [6.45, 7) is 0.442. The second-order valence-electron chi connectivity index (χ2n) is 6.73. The number of aliphatic carboxylic acids is 1. The maximum absolute atomic E-state index is 12.6. The minimum Gasteiger partial charge on any atom is -0.508 e. The van der Waals surface area contributed by atoms with E-state index in [9.17, 15) is 14.7 Å². The molecular weight excluding hydrogens is 330 g/mol. The summed E-state index contributed by atoms with van der Waals surface area (Å²) in [7, 11) is 0. The molecule has 1 amide bonds. The normalized spacial score (nSPS) is 15.7. The van der Waals surface area contributed by atoms with Crippen LogP contribution in [0.5, 0.6) is 5.75 Å². The van der Waals surface area contributed by atoms with Crippen LogP contribution in [0, 0.1) is 0 Å². The standard InChI is InChI=1S/C21H23NO4/c23-17-8-5-7-15(12-17)6-1-4-11-20(24)22-14-16(13-21(25)26)18-9-2-3-10-19(18)22/h2-3,5,7-10,12,16,23H,1,4,6,11,13-14H2,(H,25,26). The third kappa shape index (κ3) is 4.23. The number of carbonyl (C=O) groups excluding carboxylic acids is 1. The van der Waals surface area contributed by atoms with Crippen molar-refractivity contribution < 1.29 is 19.8 Å². The van der Waals surface area contributed by atoms with Gasteiger partial charge in [0.25, 0.3) is 0 Å². The van der Waals surface area contributed by atoms with Crippen molar-refractivity contribution >= 4 is 17.6 Å². The summed E-state index contributed by atoms with van der Waals surface area (Å²) >= 11 is 0. The first kappa shape index (κ1) is 18.0. The molecule has 1 aliphatic heterocycles. The molecule has 1 aliphatic rings. The van der Waals surface area contributed by atoms with Gasteiger partial charge in [0, 0.05) is 24.6 Å². The molecule has 0 saturated heterocycles. The number of unbranched alkanes of at least 4 members (excludes halogenated alkanes) is 1. The van der Waals surface area contributed by atoms with E-state index in [0.717, 1.165) is 36.1 Å². The highest BCUT2D eigenvalue weighted by Crippen LogP contribution is 2.38. The summed E-state index contributed by atoms with van der Waals surface area (Å²) in [6.07, 6.45) is 2.92. The molecule has 0 spiro atoms. The summed E-state index contributed by atoms with van der Waals surface area (Å²) in [4.78, 5) is 25.5. The van der Waals surface area contributed by atoms with Crippen molar-refractivity contribution in [2.45, 2.75) is 38.0 Å². The van der Waals surface area contributed by atoms with Crippen molar-refractivity contribution in [3.05, 3.63) is 59.7 Å². The van der Waals surface area contributed by atoms with Crippen LogP contribution in [-0.2, 0) is 16.0 Å². The van der Waals surface area contributed by atoms with Gasteiger partial charge in [-0.25, -0.2) is 0 Å². The Balaban J connectivity index is 1.55. The molecule has 0 aliphatic carbocycles. The van der Waals surface area contributed by atoms with Crippen molar-refractivity contribution in [1.29, 1.82) is 0 Å². The van der Waals surface area contributed by atoms with Gasteiger partial charge in [-0.15, -0.1) is 0 Å². The zero-order chi connectivity index (χ0) is 18.5. The number of benzene rings is 2. The molecule has 2 aromatic carbocycles. The van der Waals surface area contributed by atoms with E-state index in [0.29, 0.717) is 13.0 Å². The van der Waals surface area contributed by atoms with Crippen LogP contribution in [0.1, 0.15) is 42.7 Å². The fourth-order valence-corrected chi connectivity index (χ4v) is 3.57. The predicted molar refractivity (Wildman–Crippen MR) is 99.5 cm³/mol. The number of hydrogen-bond donors (Lipinski definition) is 2. The van der Waals surface area contributed by atoms with E-state index in [1.807, 2.05) is 36.4 Å². The number of nitrogens with zero attached hydrogens (tertiary/aromatic N) is 1. The number of fused-ring (bicyclic) bond motifs is 1. The average molecular weight is 353 g/mol. The molecule has 0 aromatic heterocycles. The smallest absolute Gasteiger partial charge is 0.304 e. The molecule has 2 aromatic rings. The summed E-state index contributed by atoms with van der Waals surface area (Å²) in [5.41, 5.74) is 2.85. The number of carboxylic acids is 1. The minimum atomic E-state index is -0.842. The van der Waals surface area contributed by atoms with Gasteiger partial charge in [0.05, 0.1) is 6.42 Å². The zero-order valence-corrected chi connectivity index (χ0v) is 14.6. The first-order chi connectivity index (χ1) is 12.5. The van der Waals surface area contributed by atoms with E-state index in [4.69, 9.17) is 5.11 Å². The Morgan fingerprint density at radius 1 is 1.08 bits per heavy atom. The number of aromatic hydroxyl groups is 1. The Hall–Kier alpha value is -2.82. The predicted octanol–water partition coefficient (Wildman–Crippen LogP) is 3.71. The SMILES string of the molecule is O=C(O)CC1CN(C(=O)CCCCc2cccc(O)c2)c2ccccc21. The number of anilines is 1. The van der Waals surface area contributed by atoms with Gasteiger partial charge in [-0.3, -0.25) is 9.59 Å². The van der Waals surface area contributed by atoms with Crippen LogP contribution in [-0.4, -0.2) is 28.6 Å². The van der Waals surface area contributed by atoms with Crippen molar-refractivity contribution in [1.82, 2.24) is 0 Å². The van der Waals surface area contributed by atoms with E-state index in [-0.39, 0.29) is 24.0 Å². The number of hydrogen-bond acceptors (Lipinski definition) is 3. The van der Waals surface area contributed by atoms with Gasteiger partial charge < -0.3 is 15.1 Å². The first-order valence-corrected chi connectivity index (χ1v) is 8.93. The van der Waals surface area contributed by atoms with E-state index in [1.165, 1.54) is 0 Å². The maximum Gasteiger partial charge on any atom is 0.304 e. The van der Waals surface area contributed by atoms with Crippen LogP contribution >= 0.6 is 0 Å². The van der Waals surface area contributed by atoms with Gasteiger partial charge in [-0.2, -0.15) is 0 Å². The number of rotatable bonds is 7. The highest BCUT2D eigenvalue weighted by molar-refractivity contribution is 5.96. The van der Waals surface area contributed by atoms with Crippen LogP contribution < -0.4 is 4.90 Å². The second-order valence-corrected chi connectivity index (χ2v) is 6.73. The number of phenols is 1. The molecule has 136 valence electrons. The lowest BCUT2D eigenvalue weighted by molar-refractivity contribution is -0.137. The Labute approximate surface area is 152 Å². The van der Waals surface area contributed by atoms with Crippen LogP contribution in [0.2, 0.25) is 0 Å². The van der Waals surface area contributed by atoms with Gasteiger partial charge in [0.2, 0.25) is 5.91 Å². The summed E-state index contributed by atoms with van der Waals surface area (Å²) in [5.74, 6) is -0.678. The first-order valence-electron chi connectivity index (χ1n) is 8.93. The van der Waals surface area contributed by atoms with Gasteiger partial charge >= 0.3 is 5.97 Å². The number of para-hydroxylation sites is 1. The fourth-order valence-electron chi connectivity index (χ4n) is 3.57. The summed E-state index contributed by atoms with van der Waals surface area (Å²) in [5, 5.41) is 18.6. The number of aryl methyl sites for hydroxylation is 1. The second kappa shape index (κ2) is 8.04. The van der Waals surface area contributed by atoms with E-state index in [2.05, 4.69) is 0 Å². The molecule has 0 bridgehead atoms. The van der Waals surface area contributed by atoms with Crippen LogP contribution in [0.15, 0.2) is 48.5 Å². The molecule has 5 nitrogen and oxygen atoms in total. The monoisotopic (exact) mass is 353 g/mol. The lowest BCUT2D eigenvalue weighted by Gasteiger charge is -2.17. The lowest BCUT2D eigenvalue weighted by Crippen LogP contribution is -2.29. The highest BCUT2D eigenvalue weighted by atomic mass is 16.4. The number of amides is 1. The van der Waals surface area contributed by atoms with Crippen molar-refractivity contribution in [2.75, 3.05) is 11.4 Å². The lowest BCUT2D eigenvalue weighted by atomic mass is 9.98. The van der Waals surface area contributed by atoms with Crippen molar-refractivity contribution in [3.8, 4) is 5.75 Å². The van der Waals surface area contributed by atoms with Crippen LogP contribution in [0.4, 0.5) is 5.69 Å². The fraction of sp³-hybridized carbons (Fsp3) is 0.333. The molecule has 5 heteroatoms. The largest absolute Gasteiger partial charge is 0.508 e. The van der Waals surface area contributed by atoms with Crippen molar-refractivity contribution in [3.63, 3.8) is 0 Å². The van der Waals surface area contributed by atoms with E-state index >= 15 is 0 Å². The van der Waals surface area contributed by atoms with Crippen LogP contribution in [0.3, 0.4) is 0 Å². The summed E-state index contributed by atoms with van der Waals surface area (Å²) in [6, 6.07) is 14.7. The van der Waals surface area contributed by atoms with Gasteiger partial charge in [0.15, 0.2) is 0 Å². The maximum atomic E-state index is 12.6. The van der Waals surface area contributed by atoms with Gasteiger partial charge in [-0.05, 0) is 48.6 Å². The Bertz CT molecular complexity index is 802. The molecule has 1 unspecified atom stereocenters. The molecule has 2 N–H and O–H groups in total. The highest BCUT2D eigenvalue weighted by Gasteiger charge is 2.32. The molecule has 1 atom stereocenters. The quantitative estimate of drug-likeness (QED) is 0.744. The molecule has 0 radical (unpaired) electrons. The summed E-state index contributed by atoms with van der Waals surface area (Å²) < 4.78 is 0. The van der Waals surface area contributed by atoms with E-state index < -0.39 is 5.97 Å². The number of carboxylic acid groups (broad SMARTS) is 1. The Morgan fingerprint density at radius 2 is 1.88 bits per heavy atom. The van der Waals surface area contributed by atoms with Gasteiger partial charge in [0.1, 0.15) is 5.75 Å². The zero-order valence-electron chi connectivity index (χ0n) is 14.6. The van der Waals surface area contributed by atoms with Crippen LogP contribution in [0.25, 0.3) is 0 Å². The molecule has 1 heterocycles. The molecule has 26 heavy (non-hydrogen) atoms. The molecule has 0 fully saturated rings. The molecule has 3 rings (SSSR count). The molecular formula is C21H23NO4. The van der Waals surface area contributed by atoms with E-state index in [1.54, 1.807) is 17.0 Å². The Kier molecular flexibility index (Phi) is 5.56. The number of phenolic OH excluding ortho intramolecular Hbond substituents is 1. The third-order valence-corrected chi connectivity index (χ3v) is 4.81. The molecule has 0 saturated carbocycles. The average Bonchev–Trinajstić information content (AvgIpc) is 2.97. The van der Waals surface area contributed by atoms with Gasteiger partial charge in [-0.1, -0.05) is 30.3 Å². The minimum absolute atomic E-state index is 0.0400.